The minimum atomic E-state index is -3.64. The molecule has 20 heavy (non-hydrogen) atoms. The van der Waals surface area contributed by atoms with E-state index in [1.54, 1.807) is 18.2 Å². The van der Waals surface area contributed by atoms with Gasteiger partial charge in [-0.2, -0.15) is 13.5 Å². The lowest BCUT2D eigenvalue weighted by molar-refractivity contribution is 0.338. The van der Waals surface area contributed by atoms with Crippen LogP contribution in [0.25, 0.3) is 0 Å². The third-order valence-corrected chi connectivity index (χ3v) is 4.44. The molecule has 0 spiro atoms. The smallest absolute Gasteiger partial charge is 0.278 e. The molecule has 0 radical (unpaired) electrons. The molecule has 0 unspecified atom stereocenters. The Labute approximate surface area is 125 Å². The number of anilines is 1. The van der Waals surface area contributed by atoms with Crippen molar-refractivity contribution in [1.29, 1.82) is 0 Å². The summed E-state index contributed by atoms with van der Waals surface area (Å²) < 4.78 is 32.0. The molecule has 0 amide bonds. The molecule has 0 saturated carbocycles. The number of rotatable bonds is 6. The Balaban J connectivity index is 2.26. The Hall–Kier alpha value is -1.54. The second-order valence-electron chi connectivity index (χ2n) is 3.92. The molecule has 108 valence electrons. The van der Waals surface area contributed by atoms with Crippen molar-refractivity contribution in [2.24, 2.45) is 0 Å². The van der Waals surface area contributed by atoms with Crippen LogP contribution in [0.1, 0.15) is 12.5 Å². The van der Waals surface area contributed by atoms with Gasteiger partial charge in [-0.05, 0) is 31.2 Å². The van der Waals surface area contributed by atoms with Gasteiger partial charge in [0.25, 0.3) is 10.0 Å². The van der Waals surface area contributed by atoms with Crippen molar-refractivity contribution in [2.45, 2.75) is 17.3 Å². The second-order valence-corrected chi connectivity index (χ2v) is 6.13. The first-order valence-corrected chi connectivity index (χ1v) is 8.51. The summed E-state index contributed by atoms with van der Waals surface area (Å²) in [6, 6.07) is 6.52. The Bertz CT molecular complexity index is 671. The summed E-state index contributed by atoms with van der Waals surface area (Å²) in [6.45, 7) is 2.45. The van der Waals surface area contributed by atoms with E-state index in [4.69, 9.17) is 4.74 Å². The molecule has 8 heteroatoms. The monoisotopic (exact) mass is 359 g/mol. The van der Waals surface area contributed by atoms with Gasteiger partial charge in [0.1, 0.15) is 5.75 Å². The lowest BCUT2D eigenvalue weighted by Crippen LogP contribution is -2.13. The van der Waals surface area contributed by atoms with Crippen molar-refractivity contribution in [2.75, 3.05) is 11.3 Å². The Morgan fingerprint density at radius 1 is 1.40 bits per heavy atom. The fourth-order valence-corrected chi connectivity index (χ4v) is 3.04. The first kappa shape index (κ1) is 14.9. The van der Waals surface area contributed by atoms with Crippen LogP contribution in [0.2, 0.25) is 0 Å². The van der Waals surface area contributed by atoms with Crippen LogP contribution in [0.4, 0.5) is 5.69 Å². The molecule has 2 N–H and O–H groups in total. The Morgan fingerprint density at radius 2 is 2.20 bits per heavy atom. The minimum absolute atomic E-state index is 0.0202. The number of benzene rings is 1. The quantitative estimate of drug-likeness (QED) is 0.776. The van der Waals surface area contributed by atoms with Gasteiger partial charge in [0, 0.05) is 16.6 Å². The van der Waals surface area contributed by atoms with Gasteiger partial charge >= 0.3 is 0 Å². The summed E-state index contributed by atoms with van der Waals surface area (Å²) in [4.78, 5) is 0. The maximum Gasteiger partial charge on any atom is 0.278 e. The number of sulfonamides is 1. The highest BCUT2D eigenvalue weighted by Crippen LogP contribution is 2.26. The maximum absolute atomic E-state index is 12.0. The third-order valence-electron chi connectivity index (χ3n) is 2.52. The zero-order chi connectivity index (χ0) is 14.6. The molecule has 0 aliphatic carbocycles. The number of halogens is 1. The number of alkyl halides is 1. The SMILES string of the molecule is CCOc1ccc(NS(=O)(=O)c2ccn[nH]2)cc1CBr. The molecule has 1 aromatic carbocycles. The second kappa shape index (κ2) is 6.27. The van der Waals surface area contributed by atoms with Crippen LogP contribution in [0, 0.1) is 0 Å². The minimum Gasteiger partial charge on any atom is -0.494 e. The van der Waals surface area contributed by atoms with Gasteiger partial charge in [-0.1, -0.05) is 15.9 Å². The molecule has 0 saturated heterocycles. The van der Waals surface area contributed by atoms with E-state index in [1.807, 2.05) is 6.92 Å². The van der Waals surface area contributed by atoms with Crippen molar-refractivity contribution in [3.8, 4) is 5.75 Å². The summed E-state index contributed by atoms with van der Waals surface area (Å²) in [5.74, 6) is 0.730. The zero-order valence-electron chi connectivity index (χ0n) is 10.8. The van der Waals surface area contributed by atoms with Crippen LogP contribution >= 0.6 is 15.9 Å². The molecule has 0 aliphatic rings. The lowest BCUT2D eigenvalue weighted by atomic mass is 10.2. The molecule has 0 aliphatic heterocycles. The summed E-state index contributed by atoms with van der Waals surface area (Å²) >= 11 is 3.36. The number of H-pyrrole nitrogens is 1. The van der Waals surface area contributed by atoms with Gasteiger partial charge in [-0.3, -0.25) is 9.82 Å². The zero-order valence-corrected chi connectivity index (χ0v) is 13.2. The molecule has 2 aromatic rings. The van der Waals surface area contributed by atoms with Crippen molar-refractivity contribution < 1.29 is 13.2 Å². The number of nitrogens with one attached hydrogen (secondary N) is 2. The fourth-order valence-electron chi connectivity index (χ4n) is 1.65. The average molecular weight is 360 g/mol. The topological polar surface area (TPSA) is 84.1 Å². The van der Waals surface area contributed by atoms with Gasteiger partial charge in [0.15, 0.2) is 5.03 Å². The third kappa shape index (κ3) is 3.31. The van der Waals surface area contributed by atoms with Crippen LogP contribution in [0.15, 0.2) is 35.5 Å². The van der Waals surface area contributed by atoms with Crippen molar-refractivity contribution in [3.05, 3.63) is 36.0 Å². The van der Waals surface area contributed by atoms with E-state index in [-0.39, 0.29) is 5.03 Å². The van der Waals surface area contributed by atoms with Gasteiger partial charge in [-0.15, -0.1) is 0 Å². The lowest BCUT2D eigenvalue weighted by Gasteiger charge is -2.11. The van der Waals surface area contributed by atoms with Crippen LogP contribution in [0.3, 0.4) is 0 Å². The molecule has 1 heterocycles. The molecular weight excluding hydrogens is 346 g/mol. The van der Waals surface area contributed by atoms with E-state index < -0.39 is 10.0 Å². The number of hydrogen-bond donors (Lipinski definition) is 2. The molecule has 1 aromatic heterocycles. The van der Waals surface area contributed by atoms with Crippen LogP contribution in [-0.2, 0) is 15.4 Å². The standard InChI is InChI=1S/C12H14BrN3O3S/c1-2-19-11-4-3-10(7-9(11)8-13)16-20(17,18)12-5-6-14-15-12/h3-7,16H,2,8H2,1H3,(H,14,15). The normalized spacial score (nSPS) is 11.3. The van der Waals surface area contributed by atoms with E-state index in [1.165, 1.54) is 12.3 Å². The van der Waals surface area contributed by atoms with E-state index in [9.17, 15) is 8.42 Å². The highest BCUT2D eigenvalue weighted by atomic mass is 79.9. The molecule has 0 fully saturated rings. The number of hydrogen-bond acceptors (Lipinski definition) is 4. The Morgan fingerprint density at radius 3 is 2.80 bits per heavy atom. The Kier molecular flexibility index (Phi) is 4.66. The number of aromatic amines is 1. The molecule has 0 bridgehead atoms. The van der Waals surface area contributed by atoms with Crippen molar-refractivity contribution in [3.63, 3.8) is 0 Å². The molecule has 0 atom stereocenters. The summed E-state index contributed by atoms with van der Waals surface area (Å²) in [7, 11) is -3.64. The average Bonchev–Trinajstić information content (AvgIpc) is 2.95. The van der Waals surface area contributed by atoms with Crippen molar-refractivity contribution in [1.82, 2.24) is 10.2 Å². The van der Waals surface area contributed by atoms with Crippen LogP contribution in [-0.4, -0.2) is 25.2 Å². The van der Waals surface area contributed by atoms with Crippen molar-refractivity contribution >= 4 is 31.6 Å². The maximum atomic E-state index is 12.0. The molecular formula is C12H14BrN3O3S. The van der Waals surface area contributed by atoms with E-state index in [0.717, 1.165) is 11.3 Å². The largest absolute Gasteiger partial charge is 0.494 e. The van der Waals surface area contributed by atoms with Gasteiger partial charge in [-0.25, -0.2) is 0 Å². The van der Waals surface area contributed by atoms with E-state index in [2.05, 4.69) is 30.8 Å². The summed E-state index contributed by atoms with van der Waals surface area (Å²) in [5, 5.41) is 6.65. The molecule has 6 nitrogen and oxygen atoms in total. The summed E-state index contributed by atoms with van der Waals surface area (Å²) in [6.07, 6.45) is 1.39. The first-order valence-electron chi connectivity index (χ1n) is 5.90. The van der Waals surface area contributed by atoms with Gasteiger partial charge < -0.3 is 4.74 Å². The van der Waals surface area contributed by atoms with E-state index in [0.29, 0.717) is 17.6 Å². The first-order chi connectivity index (χ1) is 9.56. The number of nitrogens with zero attached hydrogens (tertiary/aromatic N) is 1. The number of aromatic nitrogens is 2. The number of ether oxygens (including phenoxy) is 1. The van der Waals surface area contributed by atoms with Gasteiger partial charge in [0.2, 0.25) is 0 Å². The fraction of sp³-hybridized carbons (Fsp3) is 0.250. The summed E-state index contributed by atoms with van der Waals surface area (Å²) in [5.41, 5.74) is 1.34. The molecule has 2 rings (SSSR count). The van der Waals surface area contributed by atoms with Crippen LogP contribution < -0.4 is 9.46 Å². The van der Waals surface area contributed by atoms with Crippen LogP contribution in [0.5, 0.6) is 5.75 Å². The van der Waals surface area contributed by atoms with E-state index >= 15 is 0 Å². The highest BCUT2D eigenvalue weighted by molar-refractivity contribution is 9.08. The van der Waals surface area contributed by atoms with Gasteiger partial charge in [0.05, 0.1) is 12.8 Å². The highest BCUT2D eigenvalue weighted by Gasteiger charge is 2.16. The predicted octanol–water partition coefficient (Wildman–Crippen LogP) is 2.50. The predicted molar refractivity (Wildman–Crippen MR) is 79.6 cm³/mol.